The molecular weight excluding hydrogens is 256 g/mol. The zero-order chi connectivity index (χ0) is 13.2. The second-order valence-electron chi connectivity index (χ2n) is 5.44. The lowest BCUT2D eigenvalue weighted by molar-refractivity contribution is 0.0951. The van der Waals surface area contributed by atoms with Crippen LogP contribution in [0.4, 0.5) is 5.69 Å². The first-order valence-electron chi connectivity index (χ1n) is 7.01. The predicted molar refractivity (Wildman–Crippen MR) is 80.9 cm³/mol. The van der Waals surface area contributed by atoms with Crippen LogP contribution in [0.5, 0.6) is 0 Å². The second kappa shape index (κ2) is 5.45. The van der Waals surface area contributed by atoms with Crippen LogP contribution in [0.1, 0.15) is 36.5 Å². The summed E-state index contributed by atoms with van der Waals surface area (Å²) in [5.41, 5.74) is 1.82. The summed E-state index contributed by atoms with van der Waals surface area (Å²) in [6, 6.07) is 8.78. The second-order valence-corrected chi connectivity index (χ2v) is 6.93. The minimum Gasteiger partial charge on any atom is -0.381 e. The number of thioether (sulfide) groups is 1. The Morgan fingerprint density at radius 2 is 2.16 bits per heavy atom. The molecule has 1 aromatic carbocycles. The van der Waals surface area contributed by atoms with E-state index in [9.17, 15) is 4.79 Å². The van der Waals surface area contributed by atoms with Gasteiger partial charge in [-0.2, -0.15) is 11.8 Å². The molecule has 0 spiro atoms. The van der Waals surface area contributed by atoms with Crippen LogP contribution in [0.15, 0.2) is 24.3 Å². The molecule has 2 unspecified atom stereocenters. The molecule has 0 bridgehead atoms. The van der Waals surface area contributed by atoms with Crippen molar-refractivity contribution in [2.45, 2.75) is 43.5 Å². The number of amides is 1. The third kappa shape index (κ3) is 3.24. The van der Waals surface area contributed by atoms with Crippen LogP contribution in [0.25, 0.3) is 0 Å². The lowest BCUT2D eigenvalue weighted by Gasteiger charge is -2.18. The van der Waals surface area contributed by atoms with E-state index >= 15 is 0 Å². The molecule has 2 fully saturated rings. The number of rotatable bonds is 4. The SMILES string of the molecule is CC1SCCC1Nc1cccc(C(=O)NC2CC2)c1. The number of hydrogen-bond acceptors (Lipinski definition) is 3. The zero-order valence-electron chi connectivity index (χ0n) is 11.2. The lowest BCUT2D eigenvalue weighted by Crippen LogP contribution is -2.26. The first-order valence-corrected chi connectivity index (χ1v) is 8.06. The highest BCUT2D eigenvalue weighted by atomic mass is 32.2. The Morgan fingerprint density at radius 1 is 1.32 bits per heavy atom. The van der Waals surface area contributed by atoms with Crippen molar-refractivity contribution in [3.8, 4) is 0 Å². The van der Waals surface area contributed by atoms with E-state index in [2.05, 4.69) is 17.6 Å². The first-order chi connectivity index (χ1) is 9.22. The average molecular weight is 276 g/mol. The van der Waals surface area contributed by atoms with Gasteiger partial charge in [-0.25, -0.2) is 0 Å². The Kier molecular flexibility index (Phi) is 3.69. The number of benzene rings is 1. The van der Waals surface area contributed by atoms with Gasteiger partial charge in [-0.1, -0.05) is 13.0 Å². The molecule has 0 radical (unpaired) electrons. The van der Waals surface area contributed by atoms with E-state index in [-0.39, 0.29) is 5.91 Å². The van der Waals surface area contributed by atoms with Gasteiger partial charge in [0, 0.05) is 28.6 Å². The molecule has 1 amide bonds. The molecule has 1 saturated heterocycles. The highest BCUT2D eigenvalue weighted by Crippen LogP contribution is 2.29. The minimum absolute atomic E-state index is 0.0556. The van der Waals surface area contributed by atoms with Gasteiger partial charge in [0.1, 0.15) is 0 Å². The number of hydrogen-bond donors (Lipinski definition) is 2. The monoisotopic (exact) mass is 276 g/mol. The van der Waals surface area contributed by atoms with Crippen LogP contribution in [0.2, 0.25) is 0 Å². The van der Waals surface area contributed by atoms with Crippen LogP contribution < -0.4 is 10.6 Å². The maximum absolute atomic E-state index is 12.0. The van der Waals surface area contributed by atoms with Gasteiger partial charge in [-0.3, -0.25) is 4.79 Å². The van der Waals surface area contributed by atoms with E-state index in [4.69, 9.17) is 0 Å². The fourth-order valence-electron chi connectivity index (χ4n) is 2.38. The molecule has 3 nitrogen and oxygen atoms in total. The van der Waals surface area contributed by atoms with Crippen LogP contribution in [0.3, 0.4) is 0 Å². The van der Waals surface area contributed by atoms with E-state index in [1.165, 1.54) is 12.2 Å². The quantitative estimate of drug-likeness (QED) is 0.888. The Labute approximate surface area is 118 Å². The molecule has 3 rings (SSSR count). The van der Waals surface area contributed by atoms with Gasteiger partial charge in [-0.05, 0) is 43.2 Å². The fourth-order valence-corrected chi connectivity index (χ4v) is 3.58. The van der Waals surface area contributed by atoms with E-state index in [0.29, 0.717) is 17.3 Å². The summed E-state index contributed by atoms with van der Waals surface area (Å²) >= 11 is 2.01. The van der Waals surface area contributed by atoms with Crippen molar-refractivity contribution in [1.82, 2.24) is 5.32 Å². The highest BCUT2D eigenvalue weighted by Gasteiger charge is 2.25. The van der Waals surface area contributed by atoms with Crippen molar-refractivity contribution in [2.75, 3.05) is 11.1 Å². The van der Waals surface area contributed by atoms with Gasteiger partial charge in [0.25, 0.3) is 5.91 Å². The molecule has 1 heterocycles. The highest BCUT2D eigenvalue weighted by molar-refractivity contribution is 8.00. The summed E-state index contributed by atoms with van der Waals surface area (Å²) in [4.78, 5) is 12.0. The zero-order valence-corrected chi connectivity index (χ0v) is 12.0. The molecule has 1 saturated carbocycles. The number of carbonyl (C=O) groups excluding carboxylic acids is 1. The summed E-state index contributed by atoms with van der Waals surface area (Å²) in [5.74, 6) is 1.28. The van der Waals surface area contributed by atoms with Crippen molar-refractivity contribution in [2.24, 2.45) is 0 Å². The van der Waals surface area contributed by atoms with Gasteiger partial charge >= 0.3 is 0 Å². The van der Waals surface area contributed by atoms with E-state index in [1.54, 1.807) is 0 Å². The van der Waals surface area contributed by atoms with Crippen molar-refractivity contribution in [3.05, 3.63) is 29.8 Å². The van der Waals surface area contributed by atoms with Gasteiger partial charge in [0.05, 0.1) is 0 Å². The number of carbonyl (C=O) groups is 1. The van der Waals surface area contributed by atoms with E-state index < -0.39 is 0 Å². The summed E-state index contributed by atoms with van der Waals surface area (Å²) in [5, 5.41) is 7.23. The summed E-state index contributed by atoms with van der Waals surface area (Å²) < 4.78 is 0. The van der Waals surface area contributed by atoms with Crippen molar-refractivity contribution in [1.29, 1.82) is 0 Å². The Bertz CT molecular complexity index is 473. The molecular formula is C15H20N2OS. The maximum Gasteiger partial charge on any atom is 0.251 e. The fraction of sp³-hybridized carbons (Fsp3) is 0.533. The molecule has 102 valence electrons. The summed E-state index contributed by atoms with van der Waals surface area (Å²) in [6.07, 6.45) is 3.45. The molecule has 4 heteroatoms. The molecule has 19 heavy (non-hydrogen) atoms. The third-order valence-corrected chi connectivity index (χ3v) is 5.09. The van der Waals surface area contributed by atoms with Crippen LogP contribution in [-0.2, 0) is 0 Å². The first kappa shape index (κ1) is 12.9. The molecule has 1 aliphatic carbocycles. The van der Waals surface area contributed by atoms with Crippen molar-refractivity contribution in [3.63, 3.8) is 0 Å². The Morgan fingerprint density at radius 3 is 2.84 bits per heavy atom. The molecule has 1 aromatic rings. The number of anilines is 1. The molecule has 1 aliphatic heterocycles. The standard InChI is InChI=1S/C15H20N2OS/c1-10-14(7-8-19-10)16-13-4-2-3-11(9-13)15(18)17-12-5-6-12/h2-4,9-10,12,14,16H,5-8H2,1H3,(H,17,18). The van der Waals surface area contributed by atoms with Gasteiger partial charge in [0.2, 0.25) is 0 Å². The Hall–Kier alpha value is -1.16. The summed E-state index contributed by atoms with van der Waals surface area (Å²) in [7, 11) is 0. The van der Waals surface area contributed by atoms with Crippen molar-refractivity contribution < 1.29 is 4.79 Å². The van der Waals surface area contributed by atoms with Gasteiger partial charge in [-0.15, -0.1) is 0 Å². The topological polar surface area (TPSA) is 41.1 Å². The van der Waals surface area contributed by atoms with Crippen LogP contribution in [-0.4, -0.2) is 29.0 Å². The molecule has 2 aliphatic rings. The lowest BCUT2D eigenvalue weighted by atomic mass is 10.1. The molecule has 2 atom stereocenters. The maximum atomic E-state index is 12.0. The average Bonchev–Trinajstić information content (AvgIpc) is 3.13. The van der Waals surface area contributed by atoms with Gasteiger partial charge in [0.15, 0.2) is 0 Å². The van der Waals surface area contributed by atoms with E-state index in [1.807, 2.05) is 36.0 Å². The largest absolute Gasteiger partial charge is 0.381 e. The smallest absolute Gasteiger partial charge is 0.251 e. The normalized spacial score (nSPS) is 26.2. The number of nitrogens with one attached hydrogen (secondary N) is 2. The summed E-state index contributed by atoms with van der Waals surface area (Å²) in [6.45, 7) is 2.26. The minimum atomic E-state index is 0.0556. The van der Waals surface area contributed by atoms with Crippen LogP contribution in [0, 0.1) is 0 Å². The Balaban J connectivity index is 1.66. The molecule has 2 N–H and O–H groups in total. The van der Waals surface area contributed by atoms with Gasteiger partial charge < -0.3 is 10.6 Å². The molecule has 0 aromatic heterocycles. The van der Waals surface area contributed by atoms with Crippen molar-refractivity contribution >= 4 is 23.4 Å². The predicted octanol–water partition coefficient (Wildman–Crippen LogP) is 2.88. The van der Waals surface area contributed by atoms with E-state index in [0.717, 1.165) is 24.1 Å². The third-order valence-electron chi connectivity index (χ3n) is 3.77. The van der Waals surface area contributed by atoms with Crippen LogP contribution >= 0.6 is 11.8 Å².